The van der Waals surface area contributed by atoms with Gasteiger partial charge < -0.3 is 10.2 Å². The molecule has 178 valence electrons. The molecule has 0 saturated heterocycles. The quantitative estimate of drug-likeness (QED) is 0.227. The molecule has 0 radical (unpaired) electrons. The summed E-state index contributed by atoms with van der Waals surface area (Å²) in [7, 11) is 0. The Labute approximate surface area is 195 Å². The van der Waals surface area contributed by atoms with Gasteiger partial charge in [0.05, 0.1) is 0 Å². The molecule has 0 saturated carbocycles. The second-order valence-electron chi connectivity index (χ2n) is 9.34. The van der Waals surface area contributed by atoms with E-state index in [1.165, 1.54) is 89.9 Å². The monoisotopic (exact) mass is 440 g/mol. The number of carboxylic acids is 1. The highest BCUT2D eigenvalue weighted by atomic mass is 16.4. The molecule has 0 amide bonds. The van der Waals surface area contributed by atoms with Gasteiger partial charge in [0.1, 0.15) is 11.3 Å². The second-order valence-corrected chi connectivity index (χ2v) is 9.34. The van der Waals surface area contributed by atoms with E-state index >= 15 is 0 Å². The standard InChI is InChI=1S/C29H44O3/c1-2-3-4-5-6-7-8-9-10-11-12-13-14-15-16-17-21-25-23-24-20-18-19-22-26(24)27(28(25)30)29(31)32/h18-20,22-23,30H,2-17,21H2,1H3,(H,31,32). The van der Waals surface area contributed by atoms with Gasteiger partial charge in [0.2, 0.25) is 0 Å². The number of phenols is 1. The topological polar surface area (TPSA) is 57.5 Å². The van der Waals surface area contributed by atoms with E-state index in [2.05, 4.69) is 6.92 Å². The Balaban J connectivity index is 1.53. The number of unbranched alkanes of at least 4 members (excludes halogenated alkanes) is 15. The Morgan fingerprint density at radius 3 is 1.69 bits per heavy atom. The van der Waals surface area contributed by atoms with E-state index in [1.54, 1.807) is 6.07 Å². The van der Waals surface area contributed by atoms with E-state index in [0.29, 0.717) is 5.39 Å². The van der Waals surface area contributed by atoms with Crippen LogP contribution in [0.4, 0.5) is 0 Å². The fourth-order valence-electron chi connectivity index (χ4n) is 4.67. The van der Waals surface area contributed by atoms with Crippen LogP contribution in [0.1, 0.15) is 126 Å². The summed E-state index contributed by atoms with van der Waals surface area (Å²) in [5, 5.41) is 21.5. The van der Waals surface area contributed by atoms with E-state index in [0.717, 1.165) is 30.2 Å². The third-order valence-corrected chi connectivity index (χ3v) is 6.61. The molecular formula is C29H44O3. The van der Waals surface area contributed by atoms with E-state index in [9.17, 15) is 15.0 Å². The summed E-state index contributed by atoms with van der Waals surface area (Å²) in [4.78, 5) is 11.7. The molecule has 2 N–H and O–H groups in total. The van der Waals surface area contributed by atoms with Gasteiger partial charge in [-0.1, -0.05) is 128 Å². The number of aromatic carboxylic acids is 1. The van der Waals surface area contributed by atoms with Crippen molar-refractivity contribution in [1.82, 2.24) is 0 Å². The van der Waals surface area contributed by atoms with Crippen LogP contribution in [0, 0.1) is 0 Å². The SMILES string of the molecule is CCCCCCCCCCCCCCCCCCc1cc2ccccc2c(C(=O)O)c1O. The maximum Gasteiger partial charge on any atom is 0.340 e. The van der Waals surface area contributed by atoms with Crippen molar-refractivity contribution in [1.29, 1.82) is 0 Å². The fourth-order valence-corrected chi connectivity index (χ4v) is 4.67. The molecule has 2 aromatic rings. The first-order chi connectivity index (χ1) is 15.6. The fraction of sp³-hybridized carbons (Fsp3) is 0.621. The molecule has 0 aliphatic rings. The maximum atomic E-state index is 11.7. The Kier molecular flexibility index (Phi) is 12.9. The highest BCUT2D eigenvalue weighted by Gasteiger charge is 2.17. The predicted molar refractivity (Wildman–Crippen MR) is 136 cm³/mol. The van der Waals surface area contributed by atoms with Crippen LogP contribution >= 0.6 is 0 Å². The van der Waals surface area contributed by atoms with Crippen molar-refractivity contribution in [3.63, 3.8) is 0 Å². The van der Waals surface area contributed by atoms with Crippen LogP contribution in [0.2, 0.25) is 0 Å². The molecule has 0 unspecified atom stereocenters. The summed E-state index contributed by atoms with van der Waals surface area (Å²) in [5.74, 6) is -1.12. The molecule has 3 nitrogen and oxygen atoms in total. The Hall–Kier alpha value is -2.03. The van der Waals surface area contributed by atoms with E-state index in [-0.39, 0.29) is 11.3 Å². The third kappa shape index (κ3) is 9.22. The Morgan fingerprint density at radius 2 is 1.19 bits per heavy atom. The molecule has 2 aromatic carbocycles. The summed E-state index contributed by atoms with van der Waals surface area (Å²) in [6.07, 6.45) is 22.0. The van der Waals surface area contributed by atoms with Gasteiger partial charge in [0.25, 0.3) is 0 Å². The molecule has 0 bridgehead atoms. The third-order valence-electron chi connectivity index (χ3n) is 6.61. The zero-order valence-electron chi connectivity index (χ0n) is 20.2. The molecule has 0 heterocycles. The first-order valence-electron chi connectivity index (χ1n) is 13.1. The van der Waals surface area contributed by atoms with E-state index in [4.69, 9.17) is 0 Å². The smallest absolute Gasteiger partial charge is 0.340 e. The van der Waals surface area contributed by atoms with Crippen LogP contribution in [-0.4, -0.2) is 16.2 Å². The molecule has 0 spiro atoms. The highest BCUT2D eigenvalue weighted by Crippen LogP contribution is 2.32. The van der Waals surface area contributed by atoms with E-state index in [1.807, 2.05) is 24.3 Å². The summed E-state index contributed by atoms with van der Waals surface area (Å²) in [5.41, 5.74) is 0.793. The van der Waals surface area contributed by atoms with Crippen LogP contribution in [-0.2, 0) is 6.42 Å². The number of benzene rings is 2. The molecule has 0 aromatic heterocycles. The first-order valence-corrected chi connectivity index (χ1v) is 13.1. The lowest BCUT2D eigenvalue weighted by Crippen LogP contribution is -2.01. The minimum Gasteiger partial charge on any atom is -0.507 e. The van der Waals surface area contributed by atoms with Crippen LogP contribution < -0.4 is 0 Å². The van der Waals surface area contributed by atoms with Crippen molar-refractivity contribution in [2.75, 3.05) is 0 Å². The number of aromatic hydroxyl groups is 1. The van der Waals surface area contributed by atoms with Crippen LogP contribution in [0.5, 0.6) is 5.75 Å². The minimum absolute atomic E-state index is 0.0367. The zero-order valence-corrected chi connectivity index (χ0v) is 20.2. The van der Waals surface area contributed by atoms with Gasteiger partial charge in [0.15, 0.2) is 0 Å². The summed E-state index contributed by atoms with van der Waals surface area (Å²) in [6.45, 7) is 2.27. The van der Waals surface area contributed by atoms with Crippen LogP contribution in [0.25, 0.3) is 10.8 Å². The molecule has 0 aliphatic heterocycles. The summed E-state index contributed by atoms with van der Waals surface area (Å²) in [6, 6.07) is 9.34. The van der Waals surface area contributed by atoms with Gasteiger partial charge in [0, 0.05) is 0 Å². The number of carbonyl (C=O) groups is 1. The number of aryl methyl sites for hydroxylation is 1. The second kappa shape index (κ2) is 15.7. The maximum absolute atomic E-state index is 11.7. The largest absolute Gasteiger partial charge is 0.507 e. The Morgan fingerprint density at radius 1 is 0.719 bits per heavy atom. The van der Waals surface area contributed by atoms with Crippen molar-refractivity contribution in [2.24, 2.45) is 0 Å². The van der Waals surface area contributed by atoms with Gasteiger partial charge in [-0.3, -0.25) is 0 Å². The average molecular weight is 441 g/mol. The number of hydrogen-bond donors (Lipinski definition) is 2. The molecule has 2 rings (SSSR count). The number of fused-ring (bicyclic) bond motifs is 1. The minimum atomic E-state index is -1.06. The average Bonchev–Trinajstić information content (AvgIpc) is 2.78. The predicted octanol–water partition coefficient (Wildman–Crippen LogP) is 9.05. The molecule has 3 heteroatoms. The zero-order chi connectivity index (χ0) is 23.0. The molecule has 0 aliphatic carbocycles. The van der Waals surface area contributed by atoms with Crippen molar-refractivity contribution >= 4 is 16.7 Å². The number of hydrogen-bond acceptors (Lipinski definition) is 2. The lowest BCUT2D eigenvalue weighted by molar-refractivity contribution is 0.0696. The summed E-state index contributed by atoms with van der Waals surface area (Å²) < 4.78 is 0. The van der Waals surface area contributed by atoms with Crippen molar-refractivity contribution in [3.8, 4) is 5.75 Å². The molecule has 32 heavy (non-hydrogen) atoms. The highest BCUT2D eigenvalue weighted by molar-refractivity contribution is 6.06. The van der Waals surface area contributed by atoms with Crippen LogP contribution in [0.15, 0.2) is 30.3 Å². The van der Waals surface area contributed by atoms with Gasteiger partial charge in [-0.15, -0.1) is 0 Å². The van der Waals surface area contributed by atoms with Crippen molar-refractivity contribution < 1.29 is 15.0 Å². The number of carboxylic acid groups (broad SMARTS) is 1. The Bertz CT molecular complexity index is 796. The molecule has 0 fully saturated rings. The van der Waals surface area contributed by atoms with Gasteiger partial charge in [-0.05, 0) is 35.2 Å². The molecular weight excluding hydrogens is 396 g/mol. The lowest BCUT2D eigenvalue weighted by Gasteiger charge is -2.11. The normalized spacial score (nSPS) is 11.3. The number of rotatable bonds is 18. The van der Waals surface area contributed by atoms with Gasteiger partial charge in [-0.25, -0.2) is 4.79 Å². The lowest BCUT2D eigenvalue weighted by atomic mass is 9.96. The van der Waals surface area contributed by atoms with Crippen molar-refractivity contribution in [2.45, 2.75) is 116 Å². The van der Waals surface area contributed by atoms with Crippen molar-refractivity contribution in [3.05, 3.63) is 41.5 Å². The van der Waals surface area contributed by atoms with Gasteiger partial charge in [-0.2, -0.15) is 0 Å². The van der Waals surface area contributed by atoms with E-state index < -0.39 is 5.97 Å². The first kappa shape index (κ1) is 26.2. The van der Waals surface area contributed by atoms with Crippen LogP contribution in [0.3, 0.4) is 0 Å². The molecule has 0 atom stereocenters. The summed E-state index contributed by atoms with van der Waals surface area (Å²) >= 11 is 0. The van der Waals surface area contributed by atoms with Gasteiger partial charge >= 0.3 is 5.97 Å².